The Kier molecular flexibility index (Phi) is 6.40. The molecule has 0 radical (unpaired) electrons. The molecule has 0 amide bonds. The third-order valence-corrected chi connectivity index (χ3v) is 4.12. The van der Waals surface area contributed by atoms with E-state index in [0.29, 0.717) is 6.04 Å². The van der Waals surface area contributed by atoms with Crippen LogP contribution in [0.4, 0.5) is 0 Å². The van der Waals surface area contributed by atoms with Crippen molar-refractivity contribution >= 4 is 15.9 Å². The molecule has 1 aromatic carbocycles. The van der Waals surface area contributed by atoms with Gasteiger partial charge in [-0.15, -0.1) is 0 Å². The lowest BCUT2D eigenvalue weighted by Crippen LogP contribution is -2.34. The number of nitrogens with one attached hydrogen (secondary N) is 1. The Morgan fingerprint density at radius 2 is 1.95 bits per heavy atom. The van der Waals surface area contributed by atoms with Gasteiger partial charge in [0.1, 0.15) is 0 Å². The second kappa shape index (κ2) is 8.30. The molecule has 0 fully saturated rings. The van der Waals surface area contributed by atoms with Gasteiger partial charge < -0.3 is 5.32 Å². The standard InChI is InChI=1S/C18H23BrN2/c1-3-10-20-18(11-15-7-5-4-6-14(15)2)12-17-9-8-16(19)13-21-17/h4-9,13,18,20H,3,10-12H2,1-2H3. The van der Waals surface area contributed by atoms with Gasteiger partial charge in [-0.3, -0.25) is 4.98 Å². The predicted molar refractivity (Wildman–Crippen MR) is 92.6 cm³/mol. The van der Waals surface area contributed by atoms with Crippen molar-refractivity contribution in [3.05, 3.63) is 63.9 Å². The maximum absolute atomic E-state index is 4.50. The minimum absolute atomic E-state index is 0.430. The van der Waals surface area contributed by atoms with Gasteiger partial charge in [0.25, 0.3) is 0 Å². The maximum atomic E-state index is 4.50. The zero-order chi connectivity index (χ0) is 15.1. The summed E-state index contributed by atoms with van der Waals surface area (Å²) in [6.07, 6.45) is 5.03. The second-order valence-electron chi connectivity index (χ2n) is 5.45. The van der Waals surface area contributed by atoms with E-state index >= 15 is 0 Å². The zero-order valence-corrected chi connectivity index (χ0v) is 14.4. The number of benzene rings is 1. The minimum atomic E-state index is 0.430. The van der Waals surface area contributed by atoms with Crippen molar-refractivity contribution in [3.8, 4) is 0 Å². The first-order valence-corrected chi connectivity index (χ1v) is 8.36. The molecule has 2 nitrogen and oxygen atoms in total. The Bertz CT molecular complexity index is 551. The molecule has 3 heteroatoms. The Labute approximate surface area is 136 Å². The SMILES string of the molecule is CCCNC(Cc1ccc(Br)cn1)Cc1ccccc1C. The third-order valence-electron chi connectivity index (χ3n) is 3.65. The monoisotopic (exact) mass is 346 g/mol. The van der Waals surface area contributed by atoms with Crippen LogP contribution in [-0.2, 0) is 12.8 Å². The molecular formula is C18H23BrN2. The largest absolute Gasteiger partial charge is 0.313 e. The number of aryl methyl sites for hydroxylation is 1. The van der Waals surface area contributed by atoms with Gasteiger partial charge in [0, 0.05) is 28.8 Å². The molecule has 2 rings (SSSR count). The molecule has 112 valence electrons. The molecule has 2 aromatic rings. The third kappa shape index (κ3) is 5.25. The van der Waals surface area contributed by atoms with E-state index in [9.17, 15) is 0 Å². The number of halogens is 1. The summed E-state index contributed by atoms with van der Waals surface area (Å²) in [5, 5.41) is 3.66. The Hall–Kier alpha value is -1.19. The zero-order valence-electron chi connectivity index (χ0n) is 12.8. The van der Waals surface area contributed by atoms with Gasteiger partial charge >= 0.3 is 0 Å². The quantitative estimate of drug-likeness (QED) is 0.808. The first kappa shape index (κ1) is 16.2. The van der Waals surface area contributed by atoms with Crippen LogP contribution in [-0.4, -0.2) is 17.6 Å². The van der Waals surface area contributed by atoms with Crippen LogP contribution < -0.4 is 5.32 Å². The topological polar surface area (TPSA) is 24.9 Å². The summed E-state index contributed by atoms with van der Waals surface area (Å²) in [6.45, 7) is 5.44. The van der Waals surface area contributed by atoms with Gasteiger partial charge in [0.15, 0.2) is 0 Å². The van der Waals surface area contributed by atoms with Crippen LogP contribution in [0.1, 0.15) is 30.2 Å². The lowest BCUT2D eigenvalue weighted by atomic mass is 9.98. The molecule has 0 aliphatic heterocycles. The van der Waals surface area contributed by atoms with Crippen LogP contribution in [0.25, 0.3) is 0 Å². The highest BCUT2D eigenvalue weighted by molar-refractivity contribution is 9.10. The maximum Gasteiger partial charge on any atom is 0.0420 e. The number of aromatic nitrogens is 1. The summed E-state index contributed by atoms with van der Waals surface area (Å²) >= 11 is 3.44. The van der Waals surface area contributed by atoms with Crippen molar-refractivity contribution < 1.29 is 0 Å². The van der Waals surface area contributed by atoms with E-state index in [-0.39, 0.29) is 0 Å². The van der Waals surface area contributed by atoms with Crippen LogP contribution in [0.5, 0.6) is 0 Å². The number of nitrogens with zero attached hydrogens (tertiary/aromatic N) is 1. The summed E-state index contributed by atoms with van der Waals surface area (Å²) in [5.41, 5.74) is 3.92. The molecule has 0 aliphatic rings. The smallest absolute Gasteiger partial charge is 0.0420 e. The number of rotatable bonds is 7. The highest BCUT2D eigenvalue weighted by Crippen LogP contribution is 2.14. The van der Waals surface area contributed by atoms with E-state index in [1.54, 1.807) is 0 Å². The summed E-state index contributed by atoms with van der Waals surface area (Å²) in [5.74, 6) is 0. The second-order valence-corrected chi connectivity index (χ2v) is 6.37. The molecule has 0 aliphatic carbocycles. The number of pyridine rings is 1. The van der Waals surface area contributed by atoms with E-state index in [4.69, 9.17) is 0 Å². The molecule has 1 unspecified atom stereocenters. The number of hydrogen-bond acceptors (Lipinski definition) is 2. The molecule has 1 atom stereocenters. The van der Waals surface area contributed by atoms with Crippen LogP contribution >= 0.6 is 15.9 Å². The first-order chi connectivity index (χ1) is 10.2. The molecule has 0 spiro atoms. The van der Waals surface area contributed by atoms with Crippen molar-refractivity contribution in [2.75, 3.05) is 6.54 Å². The van der Waals surface area contributed by atoms with Crippen LogP contribution in [0.15, 0.2) is 47.1 Å². The van der Waals surface area contributed by atoms with E-state index < -0.39 is 0 Å². The molecule has 0 saturated heterocycles. The fourth-order valence-corrected chi connectivity index (χ4v) is 2.68. The van der Waals surface area contributed by atoms with Gasteiger partial charge in [-0.2, -0.15) is 0 Å². The van der Waals surface area contributed by atoms with Gasteiger partial charge in [-0.05, 0) is 65.5 Å². The van der Waals surface area contributed by atoms with Crippen LogP contribution in [0.3, 0.4) is 0 Å². The normalized spacial score (nSPS) is 12.3. The fourth-order valence-electron chi connectivity index (χ4n) is 2.45. The van der Waals surface area contributed by atoms with E-state index in [1.807, 2.05) is 6.20 Å². The van der Waals surface area contributed by atoms with Crippen molar-refractivity contribution in [1.82, 2.24) is 10.3 Å². The van der Waals surface area contributed by atoms with E-state index in [1.165, 1.54) is 11.1 Å². The van der Waals surface area contributed by atoms with E-state index in [0.717, 1.165) is 36.0 Å². The Morgan fingerprint density at radius 1 is 1.14 bits per heavy atom. The van der Waals surface area contributed by atoms with Crippen molar-refractivity contribution in [2.45, 2.75) is 39.2 Å². The van der Waals surface area contributed by atoms with Gasteiger partial charge in [-0.1, -0.05) is 31.2 Å². The van der Waals surface area contributed by atoms with Gasteiger partial charge in [-0.25, -0.2) is 0 Å². The minimum Gasteiger partial charge on any atom is -0.313 e. The Morgan fingerprint density at radius 3 is 2.62 bits per heavy atom. The van der Waals surface area contributed by atoms with Gasteiger partial charge in [0.05, 0.1) is 0 Å². The fraction of sp³-hybridized carbons (Fsp3) is 0.389. The summed E-state index contributed by atoms with van der Waals surface area (Å²) < 4.78 is 1.03. The average molecular weight is 347 g/mol. The molecular weight excluding hydrogens is 324 g/mol. The lowest BCUT2D eigenvalue weighted by molar-refractivity contribution is 0.499. The molecule has 0 bridgehead atoms. The summed E-state index contributed by atoms with van der Waals surface area (Å²) in [7, 11) is 0. The number of hydrogen-bond donors (Lipinski definition) is 1. The van der Waals surface area contributed by atoms with Crippen molar-refractivity contribution in [1.29, 1.82) is 0 Å². The predicted octanol–water partition coefficient (Wildman–Crippen LogP) is 4.31. The highest BCUT2D eigenvalue weighted by Gasteiger charge is 2.12. The van der Waals surface area contributed by atoms with Crippen molar-refractivity contribution in [3.63, 3.8) is 0 Å². The Balaban J connectivity index is 2.07. The first-order valence-electron chi connectivity index (χ1n) is 7.57. The molecule has 0 saturated carbocycles. The summed E-state index contributed by atoms with van der Waals surface area (Å²) in [6, 6.07) is 13.2. The lowest BCUT2D eigenvalue weighted by Gasteiger charge is -2.19. The summed E-state index contributed by atoms with van der Waals surface area (Å²) in [4.78, 5) is 4.50. The van der Waals surface area contributed by atoms with E-state index in [2.05, 4.69) is 76.5 Å². The van der Waals surface area contributed by atoms with Gasteiger partial charge in [0.2, 0.25) is 0 Å². The van der Waals surface area contributed by atoms with Crippen LogP contribution in [0, 0.1) is 6.92 Å². The van der Waals surface area contributed by atoms with Crippen molar-refractivity contribution in [2.24, 2.45) is 0 Å². The average Bonchev–Trinajstić information content (AvgIpc) is 2.49. The van der Waals surface area contributed by atoms with Crippen LogP contribution in [0.2, 0.25) is 0 Å². The molecule has 1 aromatic heterocycles. The molecule has 1 N–H and O–H groups in total. The molecule has 21 heavy (non-hydrogen) atoms. The highest BCUT2D eigenvalue weighted by atomic mass is 79.9. The molecule has 1 heterocycles.